The largest absolute Gasteiger partial charge is 0.378 e. The quantitative estimate of drug-likeness (QED) is 0.733. The molecule has 0 saturated heterocycles. The maximum Gasteiger partial charge on any atom is 0.0924 e. The van der Waals surface area contributed by atoms with Gasteiger partial charge in [0.25, 0.3) is 0 Å². The van der Waals surface area contributed by atoms with Crippen LogP contribution in [0.2, 0.25) is 0 Å². The van der Waals surface area contributed by atoms with Crippen molar-refractivity contribution in [2.75, 3.05) is 5.32 Å². The molecule has 1 aromatic carbocycles. The molecule has 0 amide bonds. The fourth-order valence-corrected chi connectivity index (χ4v) is 3.24. The Hall–Kier alpha value is -2.07. The highest BCUT2D eigenvalue weighted by Gasteiger charge is 2.09. The van der Waals surface area contributed by atoms with Crippen LogP contribution in [0.3, 0.4) is 0 Å². The second-order valence-corrected chi connectivity index (χ2v) is 5.82. The van der Waals surface area contributed by atoms with Crippen LogP contribution in [-0.4, -0.2) is 9.97 Å². The number of nitrogens with zero attached hydrogens (tertiary/aromatic N) is 1. The van der Waals surface area contributed by atoms with Crippen molar-refractivity contribution >= 4 is 17.0 Å². The summed E-state index contributed by atoms with van der Waals surface area (Å²) in [5, 5.41) is 5.69. The molecule has 2 aromatic heterocycles. The number of aryl methyl sites for hydroxylation is 1. The van der Waals surface area contributed by atoms with Gasteiger partial charge in [0.2, 0.25) is 0 Å². The third kappa shape index (κ3) is 2.60. The lowest BCUT2D eigenvalue weighted by molar-refractivity contribution is 0.899. The lowest BCUT2D eigenvalue weighted by Crippen LogP contribution is -2.05. The smallest absolute Gasteiger partial charge is 0.0924 e. The molecular formula is C16H17N3S. The summed E-state index contributed by atoms with van der Waals surface area (Å²) in [4.78, 5) is 8.55. The minimum atomic E-state index is 0.327. The van der Waals surface area contributed by atoms with Gasteiger partial charge < -0.3 is 10.3 Å². The van der Waals surface area contributed by atoms with Crippen LogP contribution in [0.25, 0.3) is 11.3 Å². The second kappa shape index (κ2) is 5.51. The van der Waals surface area contributed by atoms with Crippen molar-refractivity contribution in [1.82, 2.24) is 9.97 Å². The molecule has 3 aromatic rings. The fraction of sp³-hybridized carbons (Fsp3) is 0.188. The van der Waals surface area contributed by atoms with Crippen molar-refractivity contribution in [1.29, 1.82) is 0 Å². The lowest BCUT2D eigenvalue weighted by Gasteiger charge is -2.15. The number of aromatic nitrogens is 2. The lowest BCUT2D eigenvalue weighted by atomic mass is 10.1. The van der Waals surface area contributed by atoms with Crippen LogP contribution in [-0.2, 0) is 0 Å². The molecule has 1 unspecified atom stereocenters. The zero-order valence-corrected chi connectivity index (χ0v) is 12.4. The first-order valence-corrected chi connectivity index (χ1v) is 7.51. The summed E-state index contributed by atoms with van der Waals surface area (Å²) in [6.07, 6.45) is 3.53. The van der Waals surface area contributed by atoms with Crippen LogP contribution in [0.5, 0.6) is 0 Å². The number of anilines is 1. The van der Waals surface area contributed by atoms with Gasteiger partial charge in [0.1, 0.15) is 0 Å². The van der Waals surface area contributed by atoms with Gasteiger partial charge in [-0.05, 0) is 48.6 Å². The first-order valence-electron chi connectivity index (χ1n) is 6.63. The second-order valence-electron chi connectivity index (χ2n) is 4.88. The zero-order valence-electron chi connectivity index (χ0n) is 11.6. The molecule has 0 aliphatic heterocycles. The van der Waals surface area contributed by atoms with Crippen LogP contribution in [0, 0.1) is 6.92 Å². The maximum absolute atomic E-state index is 4.04. The Labute approximate surface area is 122 Å². The Balaban J connectivity index is 1.74. The van der Waals surface area contributed by atoms with E-state index in [-0.39, 0.29) is 0 Å². The van der Waals surface area contributed by atoms with Gasteiger partial charge in [-0.1, -0.05) is 12.1 Å². The summed E-state index contributed by atoms with van der Waals surface area (Å²) < 4.78 is 0. The van der Waals surface area contributed by atoms with Crippen LogP contribution in [0.15, 0.2) is 48.2 Å². The van der Waals surface area contributed by atoms with E-state index in [9.17, 15) is 0 Å². The van der Waals surface area contributed by atoms with Crippen LogP contribution in [0.4, 0.5) is 5.69 Å². The van der Waals surface area contributed by atoms with Crippen molar-refractivity contribution in [3.8, 4) is 11.3 Å². The molecule has 0 bridgehead atoms. The molecule has 0 fully saturated rings. The fourth-order valence-electron chi connectivity index (χ4n) is 2.30. The number of imidazole rings is 1. The molecule has 0 aliphatic rings. The summed E-state index contributed by atoms with van der Waals surface area (Å²) in [6, 6.07) is 10.9. The monoisotopic (exact) mass is 283 g/mol. The van der Waals surface area contributed by atoms with Crippen molar-refractivity contribution in [2.24, 2.45) is 0 Å². The van der Waals surface area contributed by atoms with Crippen LogP contribution >= 0.6 is 11.3 Å². The van der Waals surface area contributed by atoms with E-state index >= 15 is 0 Å². The zero-order chi connectivity index (χ0) is 13.9. The summed E-state index contributed by atoms with van der Waals surface area (Å²) in [6.45, 7) is 4.35. The van der Waals surface area contributed by atoms with Gasteiger partial charge in [0.15, 0.2) is 0 Å². The van der Waals surface area contributed by atoms with E-state index in [2.05, 4.69) is 64.8 Å². The van der Waals surface area contributed by atoms with E-state index in [4.69, 9.17) is 0 Å². The Bertz CT molecular complexity index is 668. The van der Waals surface area contributed by atoms with E-state index in [1.165, 1.54) is 10.4 Å². The highest BCUT2D eigenvalue weighted by atomic mass is 32.1. The Morgan fingerprint density at radius 3 is 2.60 bits per heavy atom. The molecule has 2 heterocycles. The minimum absolute atomic E-state index is 0.327. The Morgan fingerprint density at radius 2 is 2.00 bits per heavy atom. The summed E-state index contributed by atoms with van der Waals surface area (Å²) in [7, 11) is 0. The molecule has 102 valence electrons. The van der Waals surface area contributed by atoms with Gasteiger partial charge in [-0.2, -0.15) is 0 Å². The molecule has 3 rings (SSSR count). The molecule has 0 radical (unpaired) electrons. The van der Waals surface area contributed by atoms with Crippen LogP contribution < -0.4 is 5.32 Å². The molecule has 0 saturated carbocycles. The molecule has 20 heavy (non-hydrogen) atoms. The highest BCUT2D eigenvalue weighted by Crippen LogP contribution is 2.27. The molecule has 2 N–H and O–H groups in total. The average Bonchev–Trinajstić information content (AvgIpc) is 3.10. The summed E-state index contributed by atoms with van der Waals surface area (Å²) in [5.41, 5.74) is 4.67. The van der Waals surface area contributed by atoms with E-state index in [1.54, 1.807) is 17.7 Å². The van der Waals surface area contributed by atoms with Gasteiger partial charge >= 0.3 is 0 Å². The summed E-state index contributed by atoms with van der Waals surface area (Å²) in [5.74, 6) is 0. The number of aromatic amines is 1. The average molecular weight is 283 g/mol. The molecule has 3 nitrogen and oxygen atoms in total. The normalized spacial score (nSPS) is 12.3. The number of hydrogen-bond acceptors (Lipinski definition) is 3. The van der Waals surface area contributed by atoms with Crippen molar-refractivity contribution in [3.63, 3.8) is 0 Å². The van der Waals surface area contributed by atoms with Crippen LogP contribution in [0.1, 0.15) is 23.4 Å². The standard InChI is InChI=1S/C16H17N3S/c1-11-7-8-20-16(11)12(2)19-14-5-3-13(4-6-14)15-9-17-10-18-15/h3-10,12,19H,1-2H3,(H,17,18). The van der Waals surface area contributed by atoms with E-state index < -0.39 is 0 Å². The number of hydrogen-bond donors (Lipinski definition) is 2. The molecule has 0 spiro atoms. The van der Waals surface area contributed by atoms with E-state index in [0.29, 0.717) is 6.04 Å². The SMILES string of the molecule is Cc1ccsc1C(C)Nc1ccc(-c2cnc[nH]2)cc1. The van der Waals surface area contributed by atoms with E-state index in [0.717, 1.165) is 16.9 Å². The third-order valence-corrected chi connectivity index (χ3v) is 4.57. The number of H-pyrrole nitrogens is 1. The van der Waals surface area contributed by atoms with E-state index in [1.807, 2.05) is 6.20 Å². The third-order valence-electron chi connectivity index (χ3n) is 3.37. The Morgan fingerprint density at radius 1 is 1.20 bits per heavy atom. The van der Waals surface area contributed by atoms with Crippen molar-refractivity contribution < 1.29 is 0 Å². The molecule has 1 atom stereocenters. The number of thiophene rings is 1. The highest BCUT2D eigenvalue weighted by molar-refractivity contribution is 7.10. The number of rotatable bonds is 4. The van der Waals surface area contributed by atoms with Crippen molar-refractivity contribution in [2.45, 2.75) is 19.9 Å². The van der Waals surface area contributed by atoms with Gasteiger partial charge in [0, 0.05) is 10.6 Å². The summed E-state index contributed by atoms with van der Waals surface area (Å²) >= 11 is 1.80. The van der Waals surface area contributed by atoms with Crippen molar-refractivity contribution in [3.05, 3.63) is 58.7 Å². The first kappa shape index (κ1) is 12.9. The van der Waals surface area contributed by atoms with Gasteiger partial charge in [-0.3, -0.25) is 0 Å². The van der Waals surface area contributed by atoms with Gasteiger partial charge in [-0.25, -0.2) is 4.98 Å². The topological polar surface area (TPSA) is 40.7 Å². The Kier molecular flexibility index (Phi) is 3.56. The first-order chi connectivity index (χ1) is 9.74. The van der Waals surface area contributed by atoms with Gasteiger partial charge in [0.05, 0.1) is 24.3 Å². The molecular weight excluding hydrogens is 266 g/mol. The predicted octanol–water partition coefficient (Wildman–Crippen LogP) is 4.62. The predicted molar refractivity (Wildman–Crippen MR) is 85.1 cm³/mol. The number of nitrogens with one attached hydrogen (secondary N) is 2. The maximum atomic E-state index is 4.04. The number of benzene rings is 1. The van der Waals surface area contributed by atoms with Gasteiger partial charge in [-0.15, -0.1) is 11.3 Å². The minimum Gasteiger partial charge on any atom is -0.378 e. The molecule has 0 aliphatic carbocycles. The molecule has 4 heteroatoms.